The molecule has 1 atom stereocenters. The Kier molecular flexibility index (Phi) is 7.86. The highest BCUT2D eigenvalue weighted by molar-refractivity contribution is 5.85. The van der Waals surface area contributed by atoms with Crippen molar-refractivity contribution in [3.63, 3.8) is 0 Å². The van der Waals surface area contributed by atoms with Crippen LogP contribution in [0.25, 0.3) is 0 Å². The summed E-state index contributed by atoms with van der Waals surface area (Å²) >= 11 is 0. The Balaban J connectivity index is 0.00000484. The largest absolute Gasteiger partial charge is 0.497 e. The number of carbonyl (C=O) groups excluding carboxylic acids is 1. The molecule has 1 aromatic carbocycles. The van der Waals surface area contributed by atoms with E-state index in [9.17, 15) is 18.0 Å². The van der Waals surface area contributed by atoms with E-state index in [2.05, 4.69) is 5.32 Å². The van der Waals surface area contributed by atoms with Crippen molar-refractivity contribution in [1.82, 2.24) is 5.32 Å². The van der Waals surface area contributed by atoms with Crippen molar-refractivity contribution < 1.29 is 22.7 Å². The fraction of sp³-hybridized carbons (Fsp3) is 0.533. The fourth-order valence-corrected chi connectivity index (χ4v) is 2.11. The van der Waals surface area contributed by atoms with E-state index in [-0.39, 0.29) is 30.3 Å². The van der Waals surface area contributed by atoms with E-state index in [1.54, 1.807) is 6.92 Å². The van der Waals surface area contributed by atoms with Crippen LogP contribution in [0, 0.1) is 0 Å². The Morgan fingerprint density at radius 2 is 1.96 bits per heavy atom. The van der Waals surface area contributed by atoms with Gasteiger partial charge in [0.1, 0.15) is 5.75 Å². The maximum absolute atomic E-state index is 13.1. The molecule has 1 unspecified atom stereocenters. The van der Waals surface area contributed by atoms with Gasteiger partial charge in [-0.1, -0.05) is 19.4 Å². The second-order valence-electron chi connectivity index (χ2n) is 5.37. The lowest BCUT2D eigenvalue weighted by molar-refractivity contribution is -0.138. The minimum Gasteiger partial charge on any atom is -0.497 e. The number of methoxy groups -OCH3 is 1. The van der Waals surface area contributed by atoms with E-state index in [1.807, 2.05) is 6.92 Å². The molecule has 0 aromatic heterocycles. The van der Waals surface area contributed by atoms with Crippen LogP contribution in [0.15, 0.2) is 18.2 Å². The van der Waals surface area contributed by atoms with Crippen molar-refractivity contribution in [1.29, 1.82) is 0 Å². The molecule has 0 bridgehead atoms. The van der Waals surface area contributed by atoms with Gasteiger partial charge < -0.3 is 15.8 Å². The summed E-state index contributed by atoms with van der Waals surface area (Å²) in [5, 5.41) is 2.47. The number of carbonyl (C=O) groups is 1. The van der Waals surface area contributed by atoms with Crippen LogP contribution in [-0.2, 0) is 17.5 Å². The number of nitrogens with one attached hydrogen (secondary N) is 1. The first-order valence-electron chi connectivity index (χ1n) is 6.93. The second-order valence-corrected chi connectivity index (χ2v) is 5.37. The SMILES string of the molecule is CCCC(C)(N)C(=O)NCc1ccc(OC)cc1C(F)(F)F.Cl. The quantitative estimate of drug-likeness (QED) is 0.824. The molecule has 4 nitrogen and oxygen atoms in total. The average molecular weight is 355 g/mol. The summed E-state index contributed by atoms with van der Waals surface area (Å²) in [6, 6.07) is 3.62. The molecule has 132 valence electrons. The lowest BCUT2D eigenvalue weighted by atomic mass is 9.96. The predicted molar refractivity (Wildman–Crippen MR) is 84.6 cm³/mol. The van der Waals surface area contributed by atoms with E-state index in [0.717, 1.165) is 6.07 Å². The van der Waals surface area contributed by atoms with Crippen molar-refractivity contribution in [2.24, 2.45) is 5.73 Å². The van der Waals surface area contributed by atoms with Crippen molar-refractivity contribution in [2.75, 3.05) is 7.11 Å². The third-order valence-electron chi connectivity index (χ3n) is 3.35. The molecule has 0 radical (unpaired) electrons. The number of rotatable bonds is 6. The highest BCUT2D eigenvalue weighted by Crippen LogP contribution is 2.34. The number of benzene rings is 1. The van der Waals surface area contributed by atoms with Crippen molar-refractivity contribution in [3.8, 4) is 5.75 Å². The zero-order valence-corrected chi connectivity index (χ0v) is 14.1. The number of halogens is 4. The first kappa shape index (κ1) is 21.5. The maximum Gasteiger partial charge on any atom is 0.416 e. The highest BCUT2D eigenvalue weighted by atomic mass is 35.5. The molecule has 0 aliphatic carbocycles. The normalized spacial score (nSPS) is 13.7. The van der Waals surface area contributed by atoms with Gasteiger partial charge in [-0.05, 0) is 31.0 Å². The van der Waals surface area contributed by atoms with Crippen LogP contribution >= 0.6 is 12.4 Å². The van der Waals surface area contributed by atoms with Crippen molar-refractivity contribution >= 4 is 18.3 Å². The van der Waals surface area contributed by atoms with Gasteiger partial charge in [-0.3, -0.25) is 4.79 Å². The second kappa shape index (κ2) is 8.40. The Hall–Kier alpha value is -1.47. The van der Waals surface area contributed by atoms with Gasteiger partial charge >= 0.3 is 6.18 Å². The number of hydrogen-bond donors (Lipinski definition) is 2. The predicted octanol–water partition coefficient (Wildman–Crippen LogP) is 3.27. The summed E-state index contributed by atoms with van der Waals surface area (Å²) in [5.74, 6) is -0.365. The summed E-state index contributed by atoms with van der Waals surface area (Å²) < 4.78 is 44.0. The fourth-order valence-electron chi connectivity index (χ4n) is 2.11. The molecule has 0 heterocycles. The van der Waals surface area contributed by atoms with Crippen LogP contribution in [0.2, 0.25) is 0 Å². The van der Waals surface area contributed by atoms with Gasteiger partial charge in [0.05, 0.1) is 18.2 Å². The molecule has 0 saturated heterocycles. The summed E-state index contributed by atoms with van der Waals surface area (Å²) in [7, 11) is 1.29. The number of amides is 1. The van der Waals surface area contributed by atoms with Gasteiger partial charge in [0.25, 0.3) is 0 Å². The summed E-state index contributed by atoms with van der Waals surface area (Å²) in [6.45, 7) is 3.20. The zero-order valence-electron chi connectivity index (χ0n) is 13.3. The molecule has 3 N–H and O–H groups in total. The Bertz CT molecular complexity index is 534. The van der Waals surface area contributed by atoms with E-state index < -0.39 is 23.2 Å². The summed E-state index contributed by atoms with van der Waals surface area (Å²) in [5.41, 5.74) is 3.89. The minimum atomic E-state index is -4.52. The lowest BCUT2D eigenvalue weighted by Crippen LogP contribution is -2.51. The lowest BCUT2D eigenvalue weighted by Gasteiger charge is -2.23. The maximum atomic E-state index is 13.1. The third kappa shape index (κ3) is 5.91. The van der Waals surface area contributed by atoms with E-state index in [1.165, 1.54) is 19.2 Å². The first-order valence-corrected chi connectivity index (χ1v) is 6.93. The van der Waals surface area contributed by atoms with E-state index in [0.29, 0.717) is 12.8 Å². The topological polar surface area (TPSA) is 64.4 Å². The molecule has 23 heavy (non-hydrogen) atoms. The average Bonchev–Trinajstić information content (AvgIpc) is 2.43. The molecule has 0 aliphatic rings. The van der Waals surface area contributed by atoms with Crippen LogP contribution in [0.3, 0.4) is 0 Å². The Morgan fingerprint density at radius 3 is 2.43 bits per heavy atom. The van der Waals surface area contributed by atoms with Crippen LogP contribution in [0.5, 0.6) is 5.75 Å². The van der Waals surface area contributed by atoms with Gasteiger partial charge in [-0.25, -0.2) is 0 Å². The van der Waals surface area contributed by atoms with Crippen LogP contribution in [-0.4, -0.2) is 18.6 Å². The molecule has 1 amide bonds. The van der Waals surface area contributed by atoms with Crippen LogP contribution in [0.4, 0.5) is 13.2 Å². The monoisotopic (exact) mass is 354 g/mol. The molecule has 8 heteroatoms. The van der Waals surface area contributed by atoms with Crippen LogP contribution in [0.1, 0.15) is 37.8 Å². The number of hydrogen-bond acceptors (Lipinski definition) is 3. The van der Waals surface area contributed by atoms with E-state index >= 15 is 0 Å². The molecule has 0 aliphatic heterocycles. The van der Waals surface area contributed by atoms with Gasteiger partial charge in [-0.2, -0.15) is 13.2 Å². The Morgan fingerprint density at radius 1 is 1.35 bits per heavy atom. The first-order chi connectivity index (χ1) is 10.1. The molecular weight excluding hydrogens is 333 g/mol. The standard InChI is InChI=1S/C15H21F3N2O2.ClH/c1-4-7-14(2,19)13(21)20-9-10-5-6-11(22-3)8-12(10)15(16,17)18;/h5-6,8H,4,7,9,19H2,1-3H3,(H,20,21);1H. The molecule has 0 fully saturated rings. The van der Waals surface area contributed by atoms with Crippen LogP contribution < -0.4 is 15.8 Å². The third-order valence-corrected chi connectivity index (χ3v) is 3.35. The molecular formula is C15H22ClF3N2O2. The molecule has 1 aromatic rings. The number of nitrogens with two attached hydrogens (primary N) is 1. The van der Waals surface area contributed by atoms with Crippen molar-refractivity contribution in [2.45, 2.75) is 44.9 Å². The van der Waals surface area contributed by atoms with Gasteiger partial charge in [0.15, 0.2) is 0 Å². The minimum absolute atomic E-state index is 0. The molecule has 0 saturated carbocycles. The smallest absolute Gasteiger partial charge is 0.416 e. The highest BCUT2D eigenvalue weighted by Gasteiger charge is 2.34. The molecule has 1 rings (SSSR count). The number of alkyl halides is 3. The summed E-state index contributed by atoms with van der Waals surface area (Å²) in [6.07, 6.45) is -3.37. The van der Waals surface area contributed by atoms with E-state index in [4.69, 9.17) is 10.5 Å². The zero-order chi connectivity index (χ0) is 17.0. The number of ether oxygens (including phenoxy) is 1. The summed E-state index contributed by atoms with van der Waals surface area (Å²) in [4.78, 5) is 12.0. The van der Waals surface area contributed by atoms with Gasteiger partial charge in [0, 0.05) is 6.54 Å². The van der Waals surface area contributed by atoms with Crippen molar-refractivity contribution in [3.05, 3.63) is 29.3 Å². The van der Waals surface area contributed by atoms with Gasteiger partial charge in [-0.15, -0.1) is 12.4 Å². The Labute approximate surface area is 140 Å². The van der Waals surface area contributed by atoms with Gasteiger partial charge in [0.2, 0.25) is 5.91 Å². The molecule has 0 spiro atoms.